The molecule has 0 N–H and O–H groups in total. The van der Waals surface area contributed by atoms with Gasteiger partial charge in [0.2, 0.25) is 0 Å². The van der Waals surface area contributed by atoms with Crippen LogP contribution < -0.4 is 4.74 Å². The molecule has 0 radical (unpaired) electrons. The molecule has 1 heterocycles. The molecule has 0 aliphatic carbocycles. The van der Waals surface area contributed by atoms with Crippen LogP contribution in [0.3, 0.4) is 0 Å². The van der Waals surface area contributed by atoms with E-state index in [9.17, 15) is 0 Å². The molecule has 1 aromatic heterocycles. The predicted octanol–water partition coefficient (Wildman–Crippen LogP) is 3.69. The van der Waals surface area contributed by atoms with Gasteiger partial charge in [0.15, 0.2) is 5.76 Å². The van der Waals surface area contributed by atoms with Crippen molar-refractivity contribution in [2.24, 2.45) is 0 Å². The van der Waals surface area contributed by atoms with E-state index >= 15 is 0 Å². The molecule has 0 fully saturated rings. The molecule has 3 heteroatoms. The molecule has 0 amide bonds. The van der Waals surface area contributed by atoms with Crippen molar-refractivity contribution in [3.63, 3.8) is 0 Å². The second-order valence-corrected chi connectivity index (χ2v) is 4.45. The van der Waals surface area contributed by atoms with Gasteiger partial charge in [0.1, 0.15) is 12.4 Å². The van der Waals surface area contributed by atoms with Gasteiger partial charge in [-0.15, -0.1) is 0 Å². The first-order valence-corrected chi connectivity index (χ1v) is 5.80. The maximum absolute atomic E-state index is 5.61. The average molecular weight is 231 g/mol. The highest BCUT2D eigenvalue weighted by Crippen LogP contribution is 2.19. The summed E-state index contributed by atoms with van der Waals surface area (Å²) in [7, 11) is 0. The van der Waals surface area contributed by atoms with Crippen LogP contribution in [-0.2, 0) is 6.61 Å². The summed E-state index contributed by atoms with van der Waals surface area (Å²) in [6.07, 6.45) is 0. The van der Waals surface area contributed by atoms with Crippen molar-refractivity contribution in [3.05, 3.63) is 47.3 Å². The molecule has 17 heavy (non-hydrogen) atoms. The van der Waals surface area contributed by atoms with Crippen LogP contribution in [0.15, 0.2) is 34.9 Å². The molecule has 0 saturated carbocycles. The van der Waals surface area contributed by atoms with Crippen LogP contribution in [0.25, 0.3) is 0 Å². The van der Waals surface area contributed by atoms with Gasteiger partial charge in [-0.2, -0.15) is 0 Å². The summed E-state index contributed by atoms with van der Waals surface area (Å²) in [5, 5.41) is 3.81. The minimum absolute atomic E-state index is 0.419. The normalized spacial score (nSPS) is 10.8. The van der Waals surface area contributed by atoms with Crippen LogP contribution >= 0.6 is 0 Å². The molecule has 2 rings (SSSR count). The second-order valence-electron chi connectivity index (χ2n) is 4.45. The van der Waals surface area contributed by atoms with E-state index in [1.54, 1.807) is 0 Å². The number of nitrogens with zero attached hydrogens (tertiary/aromatic N) is 1. The number of aryl methyl sites for hydroxylation is 1. The van der Waals surface area contributed by atoms with E-state index in [-0.39, 0.29) is 0 Å². The smallest absolute Gasteiger partial charge is 0.174 e. The van der Waals surface area contributed by atoms with Gasteiger partial charge >= 0.3 is 0 Å². The van der Waals surface area contributed by atoms with E-state index in [4.69, 9.17) is 9.26 Å². The van der Waals surface area contributed by atoms with Crippen LogP contribution in [0, 0.1) is 6.92 Å². The first-order valence-electron chi connectivity index (χ1n) is 5.80. The third kappa shape index (κ3) is 3.09. The van der Waals surface area contributed by atoms with Crippen molar-refractivity contribution in [1.82, 2.24) is 5.16 Å². The lowest BCUT2D eigenvalue weighted by atomic mass is 10.0. The van der Waals surface area contributed by atoms with Crippen molar-refractivity contribution in [1.29, 1.82) is 0 Å². The molecule has 0 aliphatic rings. The summed E-state index contributed by atoms with van der Waals surface area (Å²) in [6, 6.07) is 10.0. The molecule has 90 valence electrons. The van der Waals surface area contributed by atoms with Crippen LogP contribution in [-0.4, -0.2) is 5.16 Å². The first kappa shape index (κ1) is 11.7. The maximum Gasteiger partial charge on any atom is 0.174 e. The lowest BCUT2D eigenvalue weighted by Crippen LogP contribution is -1.94. The number of hydrogen-bond acceptors (Lipinski definition) is 3. The van der Waals surface area contributed by atoms with E-state index in [1.807, 2.05) is 25.1 Å². The third-order valence-electron chi connectivity index (χ3n) is 2.60. The lowest BCUT2D eigenvalue weighted by Gasteiger charge is -2.07. The van der Waals surface area contributed by atoms with Crippen molar-refractivity contribution in [2.75, 3.05) is 0 Å². The largest absolute Gasteiger partial charge is 0.486 e. The quantitative estimate of drug-likeness (QED) is 0.805. The minimum atomic E-state index is 0.419. The fourth-order valence-electron chi connectivity index (χ4n) is 1.59. The average Bonchev–Trinajstić information content (AvgIpc) is 2.73. The highest BCUT2D eigenvalue weighted by atomic mass is 16.5. The SMILES string of the molecule is Cc1cc(COc2ccc(C(C)C)cc2)on1. The number of aromatic nitrogens is 1. The lowest BCUT2D eigenvalue weighted by molar-refractivity contribution is 0.248. The molecule has 0 unspecified atom stereocenters. The standard InChI is InChI=1S/C14H17NO2/c1-10(2)12-4-6-13(7-5-12)16-9-14-8-11(3)15-17-14/h4-8,10H,9H2,1-3H3. The summed E-state index contributed by atoms with van der Waals surface area (Å²) >= 11 is 0. The molecule has 1 aromatic carbocycles. The summed E-state index contributed by atoms with van der Waals surface area (Å²) in [5.41, 5.74) is 2.19. The number of benzene rings is 1. The highest BCUT2D eigenvalue weighted by molar-refractivity contribution is 5.28. The fraction of sp³-hybridized carbons (Fsp3) is 0.357. The van der Waals surface area contributed by atoms with Gasteiger partial charge in [0, 0.05) is 6.07 Å². The molecular weight excluding hydrogens is 214 g/mol. The van der Waals surface area contributed by atoms with Gasteiger partial charge in [0.05, 0.1) is 5.69 Å². The van der Waals surface area contributed by atoms with Crippen LogP contribution in [0.1, 0.15) is 36.8 Å². The Labute approximate surface area is 101 Å². The second kappa shape index (κ2) is 5.04. The van der Waals surface area contributed by atoms with Crippen molar-refractivity contribution >= 4 is 0 Å². The zero-order valence-corrected chi connectivity index (χ0v) is 10.4. The Kier molecular flexibility index (Phi) is 3.47. The van der Waals surface area contributed by atoms with Crippen LogP contribution in [0.5, 0.6) is 5.75 Å². The summed E-state index contributed by atoms with van der Waals surface area (Å²) in [6.45, 7) is 6.66. The molecule has 0 bridgehead atoms. The van der Waals surface area contributed by atoms with E-state index in [0.29, 0.717) is 12.5 Å². The van der Waals surface area contributed by atoms with Crippen molar-refractivity contribution in [3.8, 4) is 5.75 Å². The van der Waals surface area contributed by atoms with E-state index < -0.39 is 0 Å². The minimum Gasteiger partial charge on any atom is -0.486 e. The third-order valence-corrected chi connectivity index (χ3v) is 2.60. The molecule has 3 nitrogen and oxygen atoms in total. The molecular formula is C14H17NO2. The summed E-state index contributed by atoms with van der Waals surface area (Å²) < 4.78 is 10.7. The number of rotatable bonds is 4. The maximum atomic E-state index is 5.61. The van der Waals surface area contributed by atoms with Gasteiger partial charge in [0.25, 0.3) is 0 Å². The van der Waals surface area contributed by atoms with Gasteiger partial charge in [-0.25, -0.2) is 0 Å². The van der Waals surface area contributed by atoms with Crippen LogP contribution in [0.4, 0.5) is 0 Å². The Hall–Kier alpha value is -1.77. The van der Waals surface area contributed by atoms with Gasteiger partial charge in [-0.3, -0.25) is 0 Å². The summed E-state index contributed by atoms with van der Waals surface area (Å²) in [5.74, 6) is 2.14. The molecule has 2 aromatic rings. The molecule has 0 aliphatic heterocycles. The fourth-order valence-corrected chi connectivity index (χ4v) is 1.59. The Morgan fingerprint density at radius 1 is 1.24 bits per heavy atom. The topological polar surface area (TPSA) is 35.3 Å². The first-order chi connectivity index (χ1) is 8.15. The van der Waals surface area contributed by atoms with E-state index in [1.165, 1.54) is 5.56 Å². The van der Waals surface area contributed by atoms with E-state index in [2.05, 4.69) is 31.1 Å². The zero-order chi connectivity index (χ0) is 12.3. The highest BCUT2D eigenvalue weighted by Gasteiger charge is 2.03. The Morgan fingerprint density at radius 2 is 1.94 bits per heavy atom. The Bertz CT molecular complexity index is 471. The molecule has 0 atom stereocenters. The molecule has 0 spiro atoms. The van der Waals surface area contributed by atoms with Gasteiger partial charge < -0.3 is 9.26 Å². The predicted molar refractivity (Wildman–Crippen MR) is 66.1 cm³/mol. The number of hydrogen-bond donors (Lipinski definition) is 0. The monoisotopic (exact) mass is 231 g/mol. The summed E-state index contributed by atoms with van der Waals surface area (Å²) in [4.78, 5) is 0. The Balaban J connectivity index is 1.95. The molecule has 0 saturated heterocycles. The van der Waals surface area contributed by atoms with Crippen molar-refractivity contribution in [2.45, 2.75) is 33.3 Å². The van der Waals surface area contributed by atoms with Crippen molar-refractivity contribution < 1.29 is 9.26 Å². The van der Waals surface area contributed by atoms with Gasteiger partial charge in [-0.05, 0) is 30.5 Å². The number of ether oxygens (including phenoxy) is 1. The van der Waals surface area contributed by atoms with Gasteiger partial charge in [-0.1, -0.05) is 31.1 Å². The van der Waals surface area contributed by atoms with E-state index in [0.717, 1.165) is 17.2 Å². The zero-order valence-electron chi connectivity index (χ0n) is 10.4. The van der Waals surface area contributed by atoms with Crippen LogP contribution in [0.2, 0.25) is 0 Å². The Morgan fingerprint density at radius 3 is 2.47 bits per heavy atom.